The van der Waals surface area contributed by atoms with E-state index in [0.717, 1.165) is 12.8 Å². The highest BCUT2D eigenvalue weighted by atomic mass is 32.1. The van der Waals surface area contributed by atoms with Crippen LogP contribution in [0.25, 0.3) is 10.4 Å². The van der Waals surface area contributed by atoms with Crippen molar-refractivity contribution in [2.45, 2.75) is 38.6 Å². The van der Waals surface area contributed by atoms with E-state index in [2.05, 4.69) is 4.98 Å². The minimum atomic E-state index is -0.585. The van der Waals surface area contributed by atoms with E-state index in [1.165, 1.54) is 47.7 Å². The number of rotatable bonds is 7. The molecule has 1 aromatic heterocycles. The number of carbonyl (C=O) groups is 3. The molecular formula is C26H24F2N2O4S. The third-order valence-corrected chi connectivity index (χ3v) is 6.88. The molecule has 0 bridgehead atoms. The molecule has 1 aliphatic heterocycles. The molecule has 1 amide bonds. The van der Waals surface area contributed by atoms with Crippen LogP contribution in [0.15, 0.2) is 48.5 Å². The fourth-order valence-corrected chi connectivity index (χ4v) is 5.02. The number of nitrogens with zero attached hydrogens (tertiary/aromatic N) is 2. The molecule has 6 nitrogen and oxygen atoms in total. The number of likely N-dealkylation sites (tertiary alicyclic amines) is 1. The summed E-state index contributed by atoms with van der Waals surface area (Å²) in [6, 6.07) is 10.5. The van der Waals surface area contributed by atoms with Crippen molar-refractivity contribution in [2.24, 2.45) is 0 Å². The predicted octanol–water partition coefficient (Wildman–Crippen LogP) is 5.21. The first-order valence-electron chi connectivity index (χ1n) is 11.3. The number of carbonyl (C=O) groups excluding carboxylic acids is 3. The minimum Gasteiger partial charge on any atom is -0.457 e. The highest BCUT2D eigenvalue weighted by Crippen LogP contribution is 2.33. The van der Waals surface area contributed by atoms with Crippen LogP contribution in [0.5, 0.6) is 0 Å². The largest absolute Gasteiger partial charge is 0.457 e. The van der Waals surface area contributed by atoms with Crippen molar-refractivity contribution >= 4 is 29.0 Å². The molecule has 35 heavy (non-hydrogen) atoms. The fourth-order valence-electron chi connectivity index (χ4n) is 4.10. The number of piperidine rings is 1. The first kappa shape index (κ1) is 24.7. The molecule has 0 radical (unpaired) electrons. The summed E-state index contributed by atoms with van der Waals surface area (Å²) < 4.78 is 31.6. The van der Waals surface area contributed by atoms with Crippen molar-refractivity contribution in [3.8, 4) is 10.4 Å². The van der Waals surface area contributed by atoms with Crippen molar-refractivity contribution in [1.82, 2.24) is 9.88 Å². The molecule has 1 atom stereocenters. The molecule has 0 aliphatic carbocycles. The topological polar surface area (TPSA) is 76.6 Å². The Morgan fingerprint density at radius 1 is 1.03 bits per heavy atom. The van der Waals surface area contributed by atoms with Crippen LogP contribution in [-0.2, 0) is 9.53 Å². The molecule has 9 heteroatoms. The van der Waals surface area contributed by atoms with Crippen LogP contribution in [0.4, 0.5) is 8.78 Å². The van der Waals surface area contributed by atoms with Gasteiger partial charge in [-0.25, -0.2) is 13.8 Å². The lowest BCUT2D eigenvalue weighted by atomic mass is 9.98. The van der Waals surface area contributed by atoms with Gasteiger partial charge in [-0.05, 0) is 68.1 Å². The van der Waals surface area contributed by atoms with E-state index >= 15 is 0 Å². The number of Topliss-reactive ketones (excluding diaryl/α,β-unsaturated/α-hetero) is 1. The molecule has 182 valence electrons. The van der Waals surface area contributed by atoms with Crippen LogP contribution in [0, 0.1) is 18.6 Å². The highest BCUT2D eigenvalue weighted by Gasteiger charge is 2.32. The Balaban J connectivity index is 1.44. The first-order chi connectivity index (χ1) is 16.8. The van der Waals surface area contributed by atoms with Crippen molar-refractivity contribution < 1.29 is 27.9 Å². The van der Waals surface area contributed by atoms with Gasteiger partial charge in [-0.15, -0.1) is 11.3 Å². The lowest BCUT2D eigenvalue weighted by molar-refractivity contribution is -0.143. The van der Waals surface area contributed by atoms with Gasteiger partial charge < -0.3 is 9.64 Å². The molecule has 1 unspecified atom stereocenters. The molecule has 4 rings (SSSR count). The van der Waals surface area contributed by atoms with E-state index in [4.69, 9.17) is 4.74 Å². The van der Waals surface area contributed by atoms with Crippen molar-refractivity contribution in [3.05, 3.63) is 76.4 Å². The Labute approximate surface area is 205 Å². The number of aromatic nitrogens is 1. The number of hydrogen-bond acceptors (Lipinski definition) is 6. The second kappa shape index (κ2) is 10.9. The number of hydrogen-bond donors (Lipinski definition) is 0. The van der Waals surface area contributed by atoms with Crippen molar-refractivity contribution in [2.75, 3.05) is 13.2 Å². The summed E-state index contributed by atoms with van der Waals surface area (Å²) in [6.07, 6.45) is 2.24. The Hall–Kier alpha value is -3.46. The molecule has 3 aromatic rings. The van der Waals surface area contributed by atoms with Gasteiger partial charge in [0.1, 0.15) is 17.3 Å². The number of esters is 1. The summed E-state index contributed by atoms with van der Waals surface area (Å²) in [7, 11) is 0. The molecule has 1 fully saturated rings. The summed E-state index contributed by atoms with van der Waals surface area (Å²) in [5.74, 6) is -2.13. The smallest absolute Gasteiger partial charge is 0.308 e. The van der Waals surface area contributed by atoms with Crippen LogP contribution in [-0.4, -0.2) is 46.7 Å². The lowest BCUT2D eigenvalue weighted by Gasteiger charge is -2.35. The Bertz CT molecular complexity index is 1230. The maximum Gasteiger partial charge on any atom is 0.308 e. The van der Waals surface area contributed by atoms with Gasteiger partial charge in [-0.3, -0.25) is 14.4 Å². The van der Waals surface area contributed by atoms with E-state index in [1.807, 2.05) is 0 Å². The summed E-state index contributed by atoms with van der Waals surface area (Å²) in [6.45, 7) is 1.83. The van der Waals surface area contributed by atoms with Gasteiger partial charge in [0.05, 0.1) is 16.3 Å². The fraction of sp³-hybridized carbons (Fsp3) is 0.308. The van der Waals surface area contributed by atoms with E-state index in [0.29, 0.717) is 28.4 Å². The monoisotopic (exact) mass is 498 g/mol. The third-order valence-electron chi connectivity index (χ3n) is 5.86. The van der Waals surface area contributed by atoms with Gasteiger partial charge >= 0.3 is 5.97 Å². The Morgan fingerprint density at radius 2 is 1.69 bits per heavy atom. The van der Waals surface area contributed by atoms with E-state index in [9.17, 15) is 23.2 Å². The summed E-state index contributed by atoms with van der Waals surface area (Å²) in [5.41, 5.74) is 1.24. The molecule has 0 spiro atoms. The van der Waals surface area contributed by atoms with Gasteiger partial charge in [0.2, 0.25) is 0 Å². The van der Waals surface area contributed by atoms with Crippen LogP contribution < -0.4 is 0 Å². The minimum absolute atomic E-state index is 0.0442. The average Bonchev–Trinajstić information content (AvgIpc) is 3.25. The molecule has 2 aromatic carbocycles. The third kappa shape index (κ3) is 5.97. The quantitative estimate of drug-likeness (QED) is 0.330. The van der Waals surface area contributed by atoms with E-state index in [1.54, 1.807) is 24.0 Å². The van der Waals surface area contributed by atoms with Gasteiger partial charge in [0.25, 0.3) is 5.91 Å². The summed E-state index contributed by atoms with van der Waals surface area (Å²) in [5, 5.41) is 0.708. The number of ether oxygens (including phenoxy) is 1. The van der Waals surface area contributed by atoms with Gasteiger partial charge in [-0.2, -0.15) is 0 Å². The maximum absolute atomic E-state index is 13.5. The average molecular weight is 499 g/mol. The van der Waals surface area contributed by atoms with Crippen LogP contribution in [0.1, 0.15) is 51.5 Å². The highest BCUT2D eigenvalue weighted by molar-refractivity contribution is 7.15. The molecular weight excluding hydrogens is 474 g/mol. The Morgan fingerprint density at radius 3 is 2.37 bits per heavy atom. The van der Waals surface area contributed by atoms with Gasteiger partial charge in [0.15, 0.2) is 12.4 Å². The molecule has 2 heterocycles. The van der Waals surface area contributed by atoms with E-state index < -0.39 is 24.2 Å². The summed E-state index contributed by atoms with van der Waals surface area (Å²) in [4.78, 5) is 45.0. The molecule has 1 aliphatic rings. The lowest BCUT2D eigenvalue weighted by Crippen LogP contribution is -2.45. The zero-order chi connectivity index (χ0) is 24.9. The van der Waals surface area contributed by atoms with Crippen molar-refractivity contribution in [1.29, 1.82) is 0 Å². The zero-order valence-corrected chi connectivity index (χ0v) is 19.9. The second-order valence-corrected chi connectivity index (χ2v) is 9.56. The Kier molecular flexibility index (Phi) is 7.65. The number of thiazole rings is 1. The summed E-state index contributed by atoms with van der Waals surface area (Å²) >= 11 is 1.36. The second-order valence-electron chi connectivity index (χ2n) is 8.36. The number of halogens is 2. The normalized spacial score (nSPS) is 15.6. The SMILES string of the molecule is Cc1nc(C(=O)N2CCCCC2CC(=O)OCC(=O)c2ccc(F)cc2)c(-c2ccc(F)cc2)s1. The van der Waals surface area contributed by atoms with Crippen LogP contribution in [0.2, 0.25) is 0 Å². The van der Waals surface area contributed by atoms with Crippen molar-refractivity contribution in [3.63, 3.8) is 0 Å². The van der Waals surface area contributed by atoms with E-state index in [-0.39, 0.29) is 35.4 Å². The zero-order valence-electron chi connectivity index (χ0n) is 19.1. The first-order valence-corrected chi connectivity index (χ1v) is 12.1. The molecule has 1 saturated heterocycles. The number of ketones is 1. The number of benzene rings is 2. The van der Waals surface area contributed by atoms with Crippen LogP contribution >= 0.6 is 11.3 Å². The van der Waals surface area contributed by atoms with Gasteiger partial charge in [-0.1, -0.05) is 12.1 Å². The molecule has 0 saturated carbocycles. The molecule has 0 N–H and O–H groups in total. The maximum atomic E-state index is 13.5. The number of amides is 1. The van der Waals surface area contributed by atoms with Crippen LogP contribution in [0.3, 0.4) is 0 Å². The van der Waals surface area contributed by atoms with Gasteiger partial charge in [0, 0.05) is 18.2 Å². The number of aryl methyl sites for hydroxylation is 1. The predicted molar refractivity (Wildman–Crippen MR) is 127 cm³/mol. The standard InChI is InChI=1S/C26H24F2N2O4S/c1-16-29-24(25(35-16)18-7-11-20(28)12-8-18)26(33)30-13-3-2-4-21(30)14-23(32)34-15-22(31)17-5-9-19(27)10-6-17/h5-12,21H,2-4,13-15H2,1H3.